The lowest BCUT2D eigenvalue weighted by molar-refractivity contribution is -0.137. The minimum atomic E-state index is -4.52. The lowest BCUT2D eigenvalue weighted by Gasteiger charge is -2.29. The Bertz CT molecular complexity index is 1250. The molecule has 10 heteroatoms. The molecule has 2 aromatic heterocycles. The second-order valence-electron chi connectivity index (χ2n) is 8.20. The number of hydrogen-bond acceptors (Lipinski definition) is 7. The van der Waals surface area contributed by atoms with E-state index in [-0.39, 0.29) is 5.56 Å². The van der Waals surface area contributed by atoms with Crippen molar-refractivity contribution in [3.05, 3.63) is 71.7 Å². The first kappa shape index (κ1) is 22.9. The second-order valence-corrected chi connectivity index (χ2v) is 8.20. The van der Waals surface area contributed by atoms with Gasteiger partial charge in [0, 0.05) is 48.0 Å². The van der Waals surface area contributed by atoms with Crippen LogP contribution in [0.15, 0.2) is 55.0 Å². The summed E-state index contributed by atoms with van der Waals surface area (Å²) in [4.78, 5) is 22.3. The SMILES string of the molecule is O=CC1NC=Cc2cc(-c3cncc(C(F)(F)F)c3)nc(Nc3ccc(N4CCOCC4)cc3)c21. The Labute approximate surface area is 199 Å². The minimum absolute atomic E-state index is 0.225. The lowest BCUT2D eigenvalue weighted by atomic mass is 9.97. The molecule has 2 aliphatic heterocycles. The summed E-state index contributed by atoms with van der Waals surface area (Å²) in [5.41, 5.74) is 2.77. The van der Waals surface area contributed by atoms with Gasteiger partial charge in [-0.05, 0) is 54.2 Å². The van der Waals surface area contributed by atoms with Crippen molar-refractivity contribution in [2.45, 2.75) is 12.2 Å². The third kappa shape index (κ3) is 4.83. The van der Waals surface area contributed by atoms with Crippen molar-refractivity contribution >= 4 is 29.6 Å². The Balaban J connectivity index is 1.52. The molecule has 35 heavy (non-hydrogen) atoms. The average molecular weight is 481 g/mol. The van der Waals surface area contributed by atoms with Crippen molar-refractivity contribution in [2.24, 2.45) is 0 Å². The molecule has 1 saturated heterocycles. The number of pyridine rings is 2. The standard InChI is InChI=1S/C25H22F3N5O2/c26-25(27,28)18-11-17(13-29-14-18)21-12-16-5-6-30-22(15-34)23(16)24(32-21)31-19-1-3-20(4-2-19)33-7-9-35-10-8-33/h1-6,11-15,22,30H,7-10H2,(H,31,32). The molecule has 4 heterocycles. The van der Waals surface area contributed by atoms with Gasteiger partial charge in [-0.3, -0.25) is 4.98 Å². The summed E-state index contributed by atoms with van der Waals surface area (Å²) in [7, 11) is 0. The van der Waals surface area contributed by atoms with Crippen LogP contribution < -0.4 is 15.5 Å². The molecule has 0 amide bonds. The van der Waals surface area contributed by atoms with Crippen LogP contribution in [0.2, 0.25) is 0 Å². The van der Waals surface area contributed by atoms with Crippen LogP contribution in [0, 0.1) is 0 Å². The van der Waals surface area contributed by atoms with Gasteiger partial charge in [0.25, 0.3) is 0 Å². The molecule has 5 rings (SSSR count). The highest BCUT2D eigenvalue weighted by Gasteiger charge is 2.31. The van der Waals surface area contributed by atoms with Crippen LogP contribution in [0.5, 0.6) is 0 Å². The normalized spacial score (nSPS) is 17.5. The molecule has 1 fully saturated rings. The number of nitrogens with one attached hydrogen (secondary N) is 2. The number of nitrogens with zero attached hydrogens (tertiary/aromatic N) is 3. The van der Waals surface area contributed by atoms with Gasteiger partial charge in [0.05, 0.1) is 24.5 Å². The van der Waals surface area contributed by atoms with Gasteiger partial charge in [0.15, 0.2) is 0 Å². The number of benzene rings is 1. The van der Waals surface area contributed by atoms with Crippen LogP contribution in [0.3, 0.4) is 0 Å². The van der Waals surface area contributed by atoms with E-state index < -0.39 is 17.8 Å². The van der Waals surface area contributed by atoms with Crippen LogP contribution in [0.1, 0.15) is 22.7 Å². The number of ether oxygens (including phenoxy) is 1. The molecule has 0 aliphatic carbocycles. The number of rotatable bonds is 5. The van der Waals surface area contributed by atoms with E-state index in [0.29, 0.717) is 35.9 Å². The smallest absolute Gasteiger partial charge is 0.378 e. The maximum Gasteiger partial charge on any atom is 0.417 e. The molecule has 0 saturated carbocycles. The van der Waals surface area contributed by atoms with E-state index in [4.69, 9.17) is 4.74 Å². The maximum atomic E-state index is 13.2. The Morgan fingerprint density at radius 1 is 1.11 bits per heavy atom. The molecule has 1 aromatic carbocycles. The molecule has 0 bridgehead atoms. The Morgan fingerprint density at radius 2 is 1.89 bits per heavy atom. The summed E-state index contributed by atoms with van der Waals surface area (Å²) in [5.74, 6) is 0.378. The number of hydrogen-bond donors (Lipinski definition) is 2. The van der Waals surface area contributed by atoms with Crippen molar-refractivity contribution < 1.29 is 22.7 Å². The van der Waals surface area contributed by atoms with Crippen LogP contribution in [-0.2, 0) is 15.7 Å². The zero-order chi connectivity index (χ0) is 24.4. The van der Waals surface area contributed by atoms with Crippen molar-refractivity contribution in [3.8, 4) is 11.3 Å². The van der Waals surface area contributed by atoms with E-state index in [1.54, 1.807) is 18.3 Å². The number of halogens is 3. The lowest BCUT2D eigenvalue weighted by Crippen LogP contribution is -2.36. The second kappa shape index (κ2) is 9.38. The molecular formula is C25H22F3N5O2. The number of aldehydes is 1. The fraction of sp³-hybridized carbons (Fsp3) is 0.240. The summed E-state index contributed by atoms with van der Waals surface area (Å²) >= 11 is 0. The number of fused-ring (bicyclic) bond motifs is 1. The number of morpholine rings is 1. The van der Waals surface area contributed by atoms with E-state index in [0.717, 1.165) is 43.0 Å². The first-order valence-electron chi connectivity index (χ1n) is 11.1. The first-order valence-corrected chi connectivity index (χ1v) is 11.1. The quantitative estimate of drug-likeness (QED) is 0.518. The molecule has 1 unspecified atom stereocenters. The number of aromatic nitrogens is 2. The third-order valence-electron chi connectivity index (χ3n) is 5.94. The van der Waals surface area contributed by atoms with Crippen LogP contribution in [0.25, 0.3) is 17.3 Å². The van der Waals surface area contributed by atoms with Gasteiger partial charge in [0.2, 0.25) is 0 Å². The molecule has 180 valence electrons. The number of carbonyl (C=O) groups is 1. The van der Waals surface area contributed by atoms with E-state index in [1.165, 1.54) is 6.20 Å². The van der Waals surface area contributed by atoms with E-state index in [9.17, 15) is 18.0 Å². The highest BCUT2D eigenvalue weighted by Crippen LogP contribution is 2.36. The van der Waals surface area contributed by atoms with Crippen LogP contribution in [0.4, 0.5) is 30.4 Å². The topological polar surface area (TPSA) is 79.4 Å². The summed E-state index contributed by atoms with van der Waals surface area (Å²) in [6.07, 6.45) is 1.76. The predicted octanol–water partition coefficient (Wildman–Crippen LogP) is 4.56. The zero-order valence-electron chi connectivity index (χ0n) is 18.5. The van der Waals surface area contributed by atoms with E-state index in [2.05, 4.69) is 25.5 Å². The zero-order valence-corrected chi connectivity index (χ0v) is 18.5. The highest BCUT2D eigenvalue weighted by molar-refractivity contribution is 5.80. The van der Waals surface area contributed by atoms with Crippen LogP contribution >= 0.6 is 0 Å². The Morgan fingerprint density at radius 3 is 2.60 bits per heavy atom. The molecule has 1 atom stereocenters. The molecular weight excluding hydrogens is 459 g/mol. The Kier molecular flexibility index (Phi) is 6.12. The first-order chi connectivity index (χ1) is 16.9. The van der Waals surface area contributed by atoms with Gasteiger partial charge in [0.1, 0.15) is 18.1 Å². The van der Waals surface area contributed by atoms with Gasteiger partial charge in [-0.25, -0.2) is 4.98 Å². The summed E-state index contributed by atoms with van der Waals surface area (Å²) < 4.78 is 45.1. The monoisotopic (exact) mass is 481 g/mol. The maximum absolute atomic E-state index is 13.2. The number of alkyl halides is 3. The van der Waals surface area contributed by atoms with Crippen molar-refractivity contribution in [2.75, 3.05) is 36.5 Å². The highest BCUT2D eigenvalue weighted by atomic mass is 19.4. The third-order valence-corrected chi connectivity index (χ3v) is 5.94. The predicted molar refractivity (Wildman–Crippen MR) is 126 cm³/mol. The largest absolute Gasteiger partial charge is 0.417 e. The van der Waals surface area contributed by atoms with Gasteiger partial charge in [-0.1, -0.05) is 0 Å². The average Bonchev–Trinajstić information content (AvgIpc) is 2.88. The fourth-order valence-electron chi connectivity index (χ4n) is 4.16. The number of anilines is 3. The van der Waals surface area contributed by atoms with Gasteiger partial charge >= 0.3 is 6.18 Å². The molecule has 0 radical (unpaired) electrons. The van der Waals surface area contributed by atoms with Gasteiger partial charge < -0.3 is 25.1 Å². The van der Waals surface area contributed by atoms with E-state index >= 15 is 0 Å². The van der Waals surface area contributed by atoms with Gasteiger partial charge in [-0.15, -0.1) is 0 Å². The van der Waals surface area contributed by atoms with Gasteiger partial charge in [-0.2, -0.15) is 13.2 Å². The van der Waals surface area contributed by atoms with Crippen LogP contribution in [-0.4, -0.2) is 42.6 Å². The molecule has 7 nitrogen and oxygen atoms in total. The number of carbonyl (C=O) groups excluding carboxylic acids is 1. The molecule has 2 N–H and O–H groups in total. The van der Waals surface area contributed by atoms with Crippen molar-refractivity contribution in [1.29, 1.82) is 0 Å². The summed E-state index contributed by atoms with van der Waals surface area (Å²) in [6.45, 7) is 2.99. The molecule has 0 spiro atoms. The molecule has 3 aromatic rings. The van der Waals surface area contributed by atoms with E-state index in [1.807, 2.05) is 24.3 Å². The molecule has 2 aliphatic rings. The van der Waals surface area contributed by atoms with Crippen molar-refractivity contribution in [1.82, 2.24) is 15.3 Å². The minimum Gasteiger partial charge on any atom is -0.378 e. The summed E-state index contributed by atoms with van der Waals surface area (Å²) in [5, 5.41) is 6.24. The summed E-state index contributed by atoms with van der Waals surface area (Å²) in [6, 6.07) is 9.80. The Hall–Kier alpha value is -3.92. The van der Waals surface area contributed by atoms with Crippen molar-refractivity contribution in [3.63, 3.8) is 0 Å². The fourth-order valence-corrected chi connectivity index (χ4v) is 4.16.